The monoisotopic (exact) mass is 240 g/mol. The Hall–Kier alpha value is -1.95. The second-order valence-electron chi connectivity index (χ2n) is 3.63. The zero-order chi connectivity index (χ0) is 13.0. The number of nitrogens with two attached hydrogens (primary N) is 1. The molecule has 17 heavy (non-hydrogen) atoms. The Morgan fingerprint density at radius 2 is 2.18 bits per heavy atom. The third-order valence-corrected chi connectivity index (χ3v) is 2.18. The van der Waals surface area contributed by atoms with Crippen LogP contribution in [0.15, 0.2) is 18.2 Å². The van der Waals surface area contributed by atoms with Crippen LogP contribution in [-0.4, -0.2) is 23.0 Å². The van der Waals surface area contributed by atoms with Crippen molar-refractivity contribution in [2.45, 2.75) is 19.4 Å². The number of benzene rings is 1. The van der Waals surface area contributed by atoms with Crippen LogP contribution in [0.2, 0.25) is 0 Å². The van der Waals surface area contributed by atoms with Gasteiger partial charge in [0.05, 0.1) is 18.2 Å². The van der Waals surface area contributed by atoms with Gasteiger partial charge in [0.1, 0.15) is 5.82 Å². The molecule has 0 radical (unpaired) electrons. The van der Waals surface area contributed by atoms with Gasteiger partial charge in [0.15, 0.2) is 0 Å². The van der Waals surface area contributed by atoms with E-state index in [9.17, 15) is 14.0 Å². The Bertz CT molecular complexity index is 448. The molecule has 0 spiro atoms. The molecule has 0 aliphatic heterocycles. The smallest absolute Gasteiger partial charge is 0.305 e. The maximum atomic E-state index is 13.5. The highest BCUT2D eigenvalue weighted by molar-refractivity contribution is 5.96. The Morgan fingerprint density at radius 1 is 1.53 bits per heavy atom. The van der Waals surface area contributed by atoms with Gasteiger partial charge in [-0.15, -0.1) is 0 Å². The summed E-state index contributed by atoms with van der Waals surface area (Å²) in [7, 11) is 0. The molecule has 1 amide bonds. The molecule has 92 valence electrons. The average molecular weight is 240 g/mol. The maximum absolute atomic E-state index is 13.5. The van der Waals surface area contributed by atoms with E-state index in [0.29, 0.717) is 5.56 Å². The van der Waals surface area contributed by atoms with Gasteiger partial charge in [-0.3, -0.25) is 9.59 Å². The molecule has 1 rings (SSSR count). The van der Waals surface area contributed by atoms with Crippen LogP contribution in [0.4, 0.5) is 10.1 Å². The molecule has 4 N–H and O–H groups in total. The maximum Gasteiger partial charge on any atom is 0.305 e. The molecule has 0 saturated carbocycles. The first-order valence-electron chi connectivity index (χ1n) is 4.95. The highest BCUT2D eigenvalue weighted by Crippen LogP contribution is 2.17. The van der Waals surface area contributed by atoms with E-state index in [-0.39, 0.29) is 5.69 Å². The molecule has 0 saturated heterocycles. The van der Waals surface area contributed by atoms with Gasteiger partial charge in [0.2, 0.25) is 5.91 Å². The minimum Gasteiger partial charge on any atom is -0.481 e. The highest BCUT2D eigenvalue weighted by atomic mass is 19.1. The summed E-state index contributed by atoms with van der Waals surface area (Å²) in [6.07, 6.45) is -0.501. The summed E-state index contributed by atoms with van der Waals surface area (Å²) < 4.78 is 13.5. The molecule has 0 fully saturated rings. The van der Waals surface area contributed by atoms with E-state index < -0.39 is 30.2 Å². The fourth-order valence-electron chi connectivity index (χ4n) is 1.25. The van der Waals surface area contributed by atoms with Crippen LogP contribution in [0.1, 0.15) is 12.0 Å². The number of nitrogens with one attached hydrogen (secondary N) is 1. The number of hydrogen-bond acceptors (Lipinski definition) is 3. The van der Waals surface area contributed by atoms with Crippen molar-refractivity contribution >= 4 is 17.6 Å². The first-order chi connectivity index (χ1) is 7.91. The number of carboxylic acid groups (broad SMARTS) is 1. The van der Waals surface area contributed by atoms with Crippen LogP contribution in [-0.2, 0) is 9.59 Å². The Labute approximate surface area is 97.4 Å². The lowest BCUT2D eigenvalue weighted by molar-refractivity contribution is -0.138. The van der Waals surface area contributed by atoms with E-state index >= 15 is 0 Å². The lowest BCUT2D eigenvalue weighted by atomic mass is 10.1. The topological polar surface area (TPSA) is 92.4 Å². The van der Waals surface area contributed by atoms with E-state index in [1.165, 1.54) is 6.07 Å². The van der Waals surface area contributed by atoms with Gasteiger partial charge in [-0.05, 0) is 18.6 Å². The van der Waals surface area contributed by atoms with Crippen molar-refractivity contribution in [2.24, 2.45) is 5.73 Å². The molecule has 1 atom stereocenters. The Kier molecular flexibility index (Phi) is 4.17. The first kappa shape index (κ1) is 13.1. The molecule has 0 heterocycles. The van der Waals surface area contributed by atoms with Crippen molar-refractivity contribution in [1.82, 2.24) is 0 Å². The van der Waals surface area contributed by atoms with E-state index in [2.05, 4.69) is 5.32 Å². The van der Waals surface area contributed by atoms with E-state index in [1.54, 1.807) is 19.1 Å². The van der Waals surface area contributed by atoms with Crippen molar-refractivity contribution < 1.29 is 19.1 Å². The number of carbonyl (C=O) groups excluding carboxylic acids is 1. The highest BCUT2D eigenvalue weighted by Gasteiger charge is 2.18. The average Bonchev–Trinajstić information content (AvgIpc) is 2.23. The van der Waals surface area contributed by atoms with E-state index in [0.717, 1.165) is 0 Å². The largest absolute Gasteiger partial charge is 0.481 e. The van der Waals surface area contributed by atoms with Crippen molar-refractivity contribution in [3.05, 3.63) is 29.6 Å². The molecule has 6 heteroatoms. The second kappa shape index (κ2) is 5.40. The summed E-state index contributed by atoms with van der Waals surface area (Å²) in [4.78, 5) is 21.8. The molecule has 0 aliphatic rings. The number of amides is 1. The van der Waals surface area contributed by atoms with Crippen molar-refractivity contribution in [3.8, 4) is 0 Å². The summed E-state index contributed by atoms with van der Waals surface area (Å²) in [5.41, 5.74) is 5.72. The molecule has 1 aromatic rings. The first-order valence-corrected chi connectivity index (χ1v) is 4.95. The zero-order valence-corrected chi connectivity index (χ0v) is 9.24. The molecule has 0 aliphatic carbocycles. The molecule has 0 aromatic heterocycles. The number of carboxylic acids is 1. The summed E-state index contributed by atoms with van der Waals surface area (Å²) in [6, 6.07) is 3.32. The number of carbonyl (C=O) groups is 2. The van der Waals surface area contributed by atoms with Gasteiger partial charge >= 0.3 is 5.97 Å². The van der Waals surface area contributed by atoms with Crippen molar-refractivity contribution in [2.75, 3.05) is 5.32 Å². The standard InChI is InChI=1S/C11H13FN2O3/c1-6-3-2-4-8(10(6)12)14-11(17)7(13)5-9(15)16/h2-4,7H,5,13H2,1H3,(H,14,17)(H,15,16). The number of hydrogen-bond donors (Lipinski definition) is 3. The minimum atomic E-state index is -1.20. The Morgan fingerprint density at radius 3 is 2.76 bits per heavy atom. The molecule has 1 unspecified atom stereocenters. The zero-order valence-electron chi connectivity index (χ0n) is 9.24. The molecular formula is C11H13FN2O3. The summed E-state index contributed by atoms with van der Waals surface area (Å²) in [6.45, 7) is 1.56. The quantitative estimate of drug-likeness (QED) is 0.728. The number of aryl methyl sites for hydroxylation is 1. The van der Waals surface area contributed by atoms with Gasteiger partial charge in [0.25, 0.3) is 0 Å². The molecular weight excluding hydrogens is 227 g/mol. The predicted octanol–water partition coefficient (Wildman–Crippen LogP) is 0.875. The van der Waals surface area contributed by atoms with Crippen LogP contribution in [0.3, 0.4) is 0 Å². The minimum absolute atomic E-state index is 0.00385. The number of rotatable bonds is 4. The van der Waals surface area contributed by atoms with Crippen molar-refractivity contribution in [1.29, 1.82) is 0 Å². The van der Waals surface area contributed by atoms with Gasteiger partial charge < -0.3 is 16.2 Å². The van der Waals surface area contributed by atoms with Crippen LogP contribution >= 0.6 is 0 Å². The predicted molar refractivity (Wildman–Crippen MR) is 60.0 cm³/mol. The molecule has 0 bridgehead atoms. The summed E-state index contributed by atoms with van der Waals surface area (Å²) in [5.74, 6) is -2.46. The van der Waals surface area contributed by atoms with Gasteiger partial charge in [0, 0.05) is 0 Å². The summed E-state index contributed by atoms with van der Waals surface area (Å²) in [5, 5.41) is 10.7. The molecule has 1 aromatic carbocycles. The Balaban J connectivity index is 2.74. The lowest BCUT2D eigenvalue weighted by Crippen LogP contribution is -2.37. The van der Waals surface area contributed by atoms with Crippen LogP contribution in [0.5, 0.6) is 0 Å². The van der Waals surface area contributed by atoms with Crippen LogP contribution < -0.4 is 11.1 Å². The lowest BCUT2D eigenvalue weighted by Gasteiger charge is -2.11. The number of aliphatic carboxylic acids is 1. The fourth-order valence-corrected chi connectivity index (χ4v) is 1.25. The normalized spacial score (nSPS) is 11.9. The summed E-state index contributed by atoms with van der Waals surface area (Å²) >= 11 is 0. The van der Waals surface area contributed by atoms with E-state index in [1.807, 2.05) is 0 Å². The van der Waals surface area contributed by atoms with Crippen molar-refractivity contribution in [3.63, 3.8) is 0 Å². The number of anilines is 1. The molecule has 5 nitrogen and oxygen atoms in total. The van der Waals surface area contributed by atoms with Crippen LogP contribution in [0.25, 0.3) is 0 Å². The SMILES string of the molecule is Cc1cccc(NC(=O)C(N)CC(=O)O)c1F. The van der Waals surface area contributed by atoms with Gasteiger partial charge in [-0.1, -0.05) is 12.1 Å². The van der Waals surface area contributed by atoms with Gasteiger partial charge in [-0.25, -0.2) is 4.39 Å². The second-order valence-corrected chi connectivity index (χ2v) is 3.63. The third kappa shape index (κ3) is 3.53. The van der Waals surface area contributed by atoms with Gasteiger partial charge in [-0.2, -0.15) is 0 Å². The fraction of sp³-hybridized carbons (Fsp3) is 0.273. The van der Waals surface area contributed by atoms with Crippen LogP contribution in [0, 0.1) is 12.7 Å². The number of halogens is 1. The van der Waals surface area contributed by atoms with E-state index in [4.69, 9.17) is 10.8 Å². The third-order valence-electron chi connectivity index (χ3n) is 2.18.